The average molecular weight is 473 g/mol. The smallest absolute Gasteiger partial charge is 0.256 e. The summed E-state index contributed by atoms with van der Waals surface area (Å²) in [6.07, 6.45) is 3.25. The number of anilines is 1. The van der Waals surface area contributed by atoms with Gasteiger partial charge in [0, 0.05) is 36.6 Å². The van der Waals surface area contributed by atoms with Crippen molar-refractivity contribution in [2.45, 2.75) is 26.8 Å². The highest BCUT2D eigenvalue weighted by molar-refractivity contribution is 7.14. The molecule has 2 atom stereocenters. The maximum Gasteiger partial charge on any atom is 0.256 e. The third-order valence-corrected chi connectivity index (χ3v) is 7.45. The van der Waals surface area contributed by atoms with Crippen LogP contribution < -0.4 is 4.90 Å². The molecule has 3 heterocycles. The van der Waals surface area contributed by atoms with Gasteiger partial charge in [-0.15, -0.1) is 11.3 Å². The van der Waals surface area contributed by atoms with Crippen molar-refractivity contribution in [1.29, 1.82) is 0 Å². The van der Waals surface area contributed by atoms with Crippen LogP contribution in [0.15, 0.2) is 66.3 Å². The minimum absolute atomic E-state index is 0.0151. The number of aromatic nitrogens is 4. The molecule has 0 bridgehead atoms. The van der Waals surface area contributed by atoms with E-state index in [0.717, 1.165) is 35.0 Å². The van der Waals surface area contributed by atoms with Crippen LogP contribution in [-0.4, -0.2) is 56.5 Å². The van der Waals surface area contributed by atoms with Crippen LogP contribution in [0, 0.1) is 12.8 Å². The molecule has 2 aromatic heterocycles. The quantitative estimate of drug-likeness (QED) is 0.431. The van der Waals surface area contributed by atoms with Crippen molar-refractivity contribution in [2.24, 2.45) is 5.92 Å². The van der Waals surface area contributed by atoms with Gasteiger partial charge in [0.2, 0.25) is 0 Å². The molecule has 0 aliphatic carbocycles. The topological polar surface area (TPSA) is 67.2 Å². The van der Waals surface area contributed by atoms with Crippen molar-refractivity contribution >= 4 is 22.4 Å². The van der Waals surface area contributed by atoms with E-state index in [4.69, 9.17) is 4.98 Å². The van der Waals surface area contributed by atoms with Gasteiger partial charge in [-0.1, -0.05) is 48.9 Å². The zero-order valence-corrected chi connectivity index (χ0v) is 20.4. The number of nitrogens with zero attached hydrogens (tertiary/aromatic N) is 6. The number of benzene rings is 2. The second-order valence-electron chi connectivity index (χ2n) is 8.88. The largest absolute Gasteiger partial charge is 0.346 e. The van der Waals surface area contributed by atoms with Crippen molar-refractivity contribution in [2.75, 3.05) is 24.5 Å². The Balaban J connectivity index is 1.40. The minimum Gasteiger partial charge on any atom is -0.346 e. The second-order valence-corrected chi connectivity index (χ2v) is 9.72. The summed E-state index contributed by atoms with van der Waals surface area (Å²) in [6, 6.07) is 16.2. The molecular weight excluding hydrogens is 444 g/mol. The van der Waals surface area contributed by atoms with Crippen LogP contribution in [0.5, 0.6) is 0 Å². The van der Waals surface area contributed by atoms with E-state index in [1.165, 1.54) is 4.80 Å². The standard InChI is InChI=1S/C26H28N6OS/c1-18-9-10-24(32-27-11-12-28-32)22(15-18)25(33)31-14-13-30(16-19(2)20(31)3)26-29-23(17-34-26)21-7-5-4-6-8-21/h4-12,15,17,19-20H,13-14,16H2,1-3H3. The van der Waals surface area contributed by atoms with Crippen molar-refractivity contribution in [3.8, 4) is 16.9 Å². The van der Waals surface area contributed by atoms with Gasteiger partial charge in [0.1, 0.15) is 0 Å². The fraction of sp³-hybridized carbons (Fsp3) is 0.308. The van der Waals surface area contributed by atoms with E-state index in [1.807, 2.05) is 48.2 Å². The van der Waals surface area contributed by atoms with Gasteiger partial charge in [0.25, 0.3) is 5.91 Å². The molecule has 1 amide bonds. The lowest BCUT2D eigenvalue weighted by Crippen LogP contribution is -2.42. The molecule has 7 nitrogen and oxygen atoms in total. The van der Waals surface area contributed by atoms with Gasteiger partial charge < -0.3 is 9.80 Å². The number of carbonyl (C=O) groups excluding carboxylic acids is 1. The molecule has 0 radical (unpaired) electrons. The highest BCUT2D eigenvalue weighted by Gasteiger charge is 2.32. The van der Waals surface area contributed by atoms with Crippen molar-refractivity contribution < 1.29 is 4.79 Å². The van der Waals surface area contributed by atoms with Gasteiger partial charge in [-0.05, 0) is 31.9 Å². The zero-order valence-electron chi connectivity index (χ0n) is 19.6. The van der Waals surface area contributed by atoms with Gasteiger partial charge >= 0.3 is 0 Å². The summed E-state index contributed by atoms with van der Waals surface area (Å²) in [5.41, 5.74) is 4.48. The molecule has 4 aromatic rings. The lowest BCUT2D eigenvalue weighted by atomic mass is 10.0. The molecule has 2 aromatic carbocycles. The van der Waals surface area contributed by atoms with E-state index in [0.29, 0.717) is 17.8 Å². The molecule has 1 fully saturated rings. The Morgan fingerprint density at radius 3 is 2.56 bits per heavy atom. The molecule has 2 unspecified atom stereocenters. The molecule has 1 saturated heterocycles. The third kappa shape index (κ3) is 4.33. The summed E-state index contributed by atoms with van der Waals surface area (Å²) in [6.45, 7) is 8.58. The number of rotatable bonds is 4. The number of hydrogen-bond donors (Lipinski definition) is 0. The lowest BCUT2D eigenvalue weighted by Gasteiger charge is -2.30. The van der Waals surface area contributed by atoms with Crippen molar-refractivity contribution in [3.05, 3.63) is 77.4 Å². The van der Waals surface area contributed by atoms with Gasteiger partial charge in [-0.2, -0.15) is 15.0 Å². The molecular formula is C26H28N6OS. The number of thiazole rings is 1. The first-order valence-corrected chi connectivity index (χ1v) is 12.4. The minimum atomic E-state index is 0.0151. The van der Waals surface area contributed by atoms with Crippen LogP contribution in [0.4, 0.5) is 5.13 Å². The van der Waals surface area contributed by atoms with Crippen LogP contribution in [0.25, 0.3) is 16.9 Å². The third-order valence-electron chi connectivity index (χ3n) is 6.54. The SMILES string of the molecule is Cc1ccc(-n2nccn2)c(C(=O)N2CCN(c3nc(-c4ccccc4)cs3)CC(C)C2C)c1. The maximum atomic E-state index is 13.8. The number of amides is 1. The molecule has 1 aliphatic rings. The summed E-state index contributed by atoms with van der Waals surface area (Å²) in [5.74, 6) is 0.299. The normalized spacial score (nSPS) is 18.7. The summed E-state index contributed by atoms with van der Waals surface area (Å²) >= 11 is 1.66. The Labute approximate surface area is 203 Å². The van der Waals surface area contributed by atoms with Crippen LogP contribution >= 0.6 is 11.3 Å². The van der Waals surface area contributed by atoms with E-state index in [1.54, 1.807) is 23.7 Å². The summed E-state index contributed by atoms with van der Waals surface area (Å²) < 4.78 is 0. The molecule has 0 spiro atoms. The summed E-state index contributed by atoms with van der Waals surface area (Å²) in [4.78, 5) is 24.6. The zero-order chi connectivity index (χ0) is 23.7. The number of carbonyl (C=O) groups is 1. The highest BCUT2D eigenvalue weighted by atomic mass is 32.1. The lowest BCUT2D eigenvalue weighted by molar-refractivity contribution is 0.0670. The Morgan fingerprint density at radius 2 is 1.79 bits per heavy atom. The molecule has 0 N–H and O–H groups in total. The first-order valence-electron chi connectivity index (χ1n) is 11.6. The van der Waals surface area contributed by atoms with Gasteiger partial charge in [-0.3, -0.25) is 4.79 Å². The fourth-order valence-corrected chi connectivity index (χ4v) is 5.30. The Hall–Kier alpha value is -3.52. The molecule has 1 aliphatic heterocycles. The molecule has 174 valence electrons. The highest BCUT2D eigenvalue weighted by Crippen LogP contribution is 2.30. The van der Waals surface area contributed by atoms with Crippen molar-refractivity contribution in [1.82, 2.24) is 24.9 Å². The Kier molecular flexibility index (Phi) is 6.15. The molecule has 5 rings (SSSR count). The maximum absolute atomic E-state index is 13.8. The van der Waals surface area contributed by atoms with E-state index in [2.05, 4.69) is 46.5 Å². The van der Waals surface area contributed by atoms with E-state index < -0.39 is 0 Å². The molecule has 34 heavy (non-hydrogen) atoms. The summed E-state index contributed by atoms with van der Waals surface area (Å²) in [5, 5.41) is 11.6. The first-order chi connectivity index (χ1) is 16.5. The van der Waals surface area contributed by atoms with Gasteiger partial charge in [0.15, 0.2) is 5.13 Å². The fourth-order valence-electron chi connectivity index (χ4n) is 4.43. The van der Waals surface area contributed by atoms with Crippen LogP contribution in [-0.2, 0) is 0 Å². The van der Waals surface area contributed by atoms with Crippen LogP contribution in [0.2, 0.25) is 0 Å². The first kappa shape index (κ1) is 22.3. The van der Waals surface area contributed by atoms with E-state index in [-0.39, 0.29) is 17.9 Å². The molecule has 0 saturated carbocycles. The predicted octanol–water partition coefficient (Wildman–Crippen LogP) is 4.69. The van der Waals surface area contributed by atoms with Gasteiger partial charge in [0.05, 0.1) is 29.3 Å². The van der Waals surface area contributed by atoms with Gasteiger partial charge in [-0.25, -0.2) is 4.98 Å². The van der Waals surface area contributed by atoms with E-state index >= 15 is 0 Å². The monoisotopic (exact) mass is 472 g/mol. The Bertz CT molecular complexity index is 1270. The predicted molar refractivity (Wildman–Crippen MR) is 136 cm³/mol. The number of aryl methyl sites for hydroxylation is 1. The number of hydrogen-bond acceptors (Lipinski definition) is 6. The second kappa shape index (κ2) is 9.38. The van der Waals surface area contributed by atoms with Crippen LogP contribution in [0.1, 0.15) is 29.8 Å². The van der Waals surface area contributed by atoms with Crippen LogP contribution in [0.3, 0.4) is 0 Å². The van der Waals surface area contributed by atoms with Crippen molar-refractivity contribution in [3.63, 3.8) is 0 Å². The summed E-state index contributed by atoms with van der Waals surface area (Å²) in [7, 11) is 0. The average Bonchev–Trinajstić information content (AvgIpc) is 3.54. The Morgan fingerprint density at radius 1 is 1.03 bits per heavy atom. The molecule has 8 heteroatoms. The van der Waals surface area contributed by atoms with E-state index in [9.17, 15) is 4.79 Å².